The van der Waals surface area contributed by atoms with E-state index < -0.39 is 0 Å². The van der Waals surface area contributed by atoms with Crippen molar-refractivity contribution >= 4 is 22.1 Å². The van der Waals surface area contributed by atoms with Crippen LogP contribution in [0, 0.1) is 13.8 Å². The fraction of sp³-hybridized carbons (Fsp3) is 0.231. The van der Waals surface area contributed by atoms with Crippen LogP contribution in [0.1, 0.15) is 11.4 Å². The van der Waals surface area contributed by atoms with Crippen LogP contribution in [0.25, 0.3) is 33.5 Å². The summed E-state index contributed by atoms with van der Waals surface area (Å²) in [5.41, 5.74) is 5.71. The number of ether oxygens (including phenoxy) is 1. The first kappa shape index (κ1) is 21.2. The lowest BCUT2D eigenvalue weighted by molar-refractivity contribution is 0.276. The number of rotatable bonds is 7. The second-order valence-electron chi connectivity index (χ2n) is 8.12. The van der Waals surface area contributed by atoms with Gasteiger partial charge in [-0.15, -0.1) is 0 Å². The summed E-state index contributed by atoms with van der Waals surface area (Å²) in [7, 11) is 0. The van der Waals surface area contributed by atoms with Crippen molar-refractivity contribution in [2.75, 3.05) is 13.2 Å². The van der Waals surface area contributed by atoms with Gasteiger partial charge in [0.25, 0.3) is 0 Å². The molecule has 168 valence electrons. The van der Waals surface area contributed by atoms with Gasteiger partial charge < -0.3 is 24.1 Å². The first-order valence-corrected chi connectivity index (χ1v) is 11.0. The van der Waals surface area contributed by atoms with Crippen LogP contribution in [0.4, 0.5) is 0 Å². The predicted octanol–water partition coefficient (Wildman–Crippen LogP) is 4.45. The van der Waals surface area contributed by atoms with Gasteiger partial charge in [0.1, 0.15) is 23.1 Å². The first-order chi connectivity index (χ1) is 16.1. The zero-order chi connectivity index (χ0) is 22.9. The zero-order valence-electron chi connectivity index (χ0n) is 18.7. The summed E-state index contributed by atoms with van der Waals surface area (Å²) in [5, 5.41) is 19.1. The van der Waals surface area contributed by atoms with E-state index in [4.69, 9.17) is 9.72 Å². The van der Waals surface area contributed by atoms with Crippen LogP contribution in [0.2, 0.25) is 0 Å². The maximum Gasteiger partial charge on any atom is 0.141 e. The summed E-state index contributed by atoms with van der Waals surface area (Å²) in [6.07, 6.45) is 0. The van der Waals surface area contributed by atoms with Crippen LogP contribution >= 0.6 is 0 Å². The minimum absolute atomic E-state index is 0.0141. The molecule has 5 aromatic rings. The lowest BCUT2D eigenvalue weighted by atomic mass is 10.1. The van der Waals surface area contributed by atoms with Gasteiger partial charge in [-0.1, -0.05) is 23.8 Å². The summed E-state index contributed by atoms with van der Waals surface area (Å²) in [6, 6.07) is 19.8. The Kier molecular flexibility index (Phi) is 5.58. The Morgan fingerprint density at radius 2 is 1.39 bits per heavy atom. The topological polar surface area (TPSA) is 85.3 Å². The molecule has 0 radical (unpaired) electrons. The highest BCUT2D eigenvalue weighted by Crippen LogP contribution is 2.31. The van der Waals surface area contributed by atoms with E-state index >= 15 is 0 Å². The van der Waals surface area contributed by atoms with Crippen LogP contribution in [0.5, 0.6) is 11.5 Å². The SMILES string of the molecule is Cc1cccc(-c2nc3ccc(Oc4ccc5nc(C)n(CCO)c5c4)cc3n2CCO)c1. The average Bonchev–Trinajstić information content (AvgIpc) is 3.32. The number of nitrogens with zero attached hydrogens (tertiary/aromatic N) is 4. The van der Waals surface area contributed by atoms with E-state index in [2.05, 4.69) is 24.0 Å². The molecule has 5 rings (SSSR count). The van der Waals surface area contributed by atoms with Crippen molar-refractivity contribution in [1.82, 2.24) is 19.1 Å². The molecule has 2 aromatic heterocycles. The van der Waals surface area contributed by atoms with Crippen molar-refractivity contribution in [1.29, 1.82) is 0 Å². The largest absolute Gasteiger partial charge is 0.457 e. The number of benzene rings is 3. The van der Waals surface area contributed by atoms with Gasteiger partial charge in [0.05, 0.1) is 35.3 Å². The smallest absolute Gasteiger partial charge is 0.141 e. The zero-order valence-corrected chi connectivity index (χ0v) is 18.7. The van der Waals surface area contributed by atoms with E-state index in [0.717, 1.165) is 44.8 Å². The molecule has 0 aliphatic rings. The molecule has 0 bridgehead atoms. The second kappa shape index (κ2) is 8.69. The van der Waals surface area contributed by atoms with E-state index in [9.17, 15) is 10.2 Å². The van der Waals surface area contributed by atoms with Gasteiger partial charge in [0, 0.05) is 30.8 Å². The van der Waals surface area contributed by atoms with E-state index in [0.29, 0.717) is 24.6 Å². The molecule has 33 heavy (non-hydrogen) atoms. The molecular formula is C26H26N4O3. The van der Waals surface area contributed by atoms with E-state index in [1.54, 1.807) is 0 Å². The summed E-state index contributed by atoms with van der Waals surface area (Å²) in [6.45, 7) is 4.97. The Labute approximate surface area is 191 Å². The summed E-state index contributed by atoms with van der Waals surface area (Å²) >= 11 is 0. The van der Waals surface area contributed by atoms with Gasteiger partial charge in [0.2, 0.25) is 0 Å². The molecule has 0 spiro atoms. The molecule has 0 fully saturated rings. The van der Waals surface area contributed by atoms with Crippen molar-refractivity contribution in [3.05, 3.63) is 72.1 Å². The molecule has 0 saturated heterocycles. The van der Waals surface area contributed by atoms with Crippen molar-refractivity contribution in [3.63, 3.8) is 0 Å². The first-order valence-electron chi connectivity index (χ1n) is 11.0. The number of aryl methyl sites for hydroxylation is 2. The molecule has 7 nitrogen and oxygen atoms in total. The normalized spacial score (nSPS) is 11.5. The second-order valence-corrected chi connectivity index (χ2v) is 8.12. The fourth-order valence-electron chi connectivity index (χ4n) is 4.30. The predicted molar refractivity (Wildman–Crippen MR) is 129 cm³/mol. The van der Waals surface area contributed by atoms with E-state index in [1.807, 2.05) is 64.6 Å². The molecular weight excluding hydrogens is 416 g/mol. The van der Waals surface area contributed by atoms with Crippen LogP contribution < -0.4 is 4.74 Å². The number of fused-ring (bicyclic) bond motifs is 2. The van der Waals surface area contributed by atoms with Crippen LogP contribution in [0.15, 0.2) is 60.7 Å². The van der Waals surface area contributed by atoms with Crippen molar-refractivity contribution < 1.29 is 14.9 Å². The molecule has 0 amide bonds. The quantitative estimate of drug-likeness (QED) is 0.389. The maximum atomic E-state index is 9.69. The highest BCUT2D eigenvalue weighted by atomic mass is 16.5. The van der Waals surface area contributed by atoms with Crippen LogP contribution in [0.3, 0.4) is 0 Å². The molecule has 0 aliphatic heterocycles. The minimum Gasteiger partial charge on any atom is -0.457 e. The molecule has 3 aromatic carbocycles. The third-order valence-corrected chi connectivity index (χ3v) is 5.79. The van der Waals surface area contributed by atoms with Crippen molar-refractivity contribution in [2.45, 2.75) is 26.9 Å². The Morgan fingerprint density at radius 1 is 0.758 bits per heavy atom. The van der Waals surface area contributed by atoms with Gasteiger partial charge in [-0.05, 0) is 44.2 Å². The summed E-state index contributed by atoms with van der Waals surface area (Å²) in [5.74, 6) is 3.05. The number of imidazole rings is 2. The number of aromatic nitrogens is 4. The van der Waals surface area contributed by atoms with Gasteiger partial charge in [0.15, 0.2) is 0 Å². The Bertz CT molecular complexity index is 1450. The molecule has 7 heteroatoms. The van der Waals surface area contributed by atoms with Crippen molar-refractivity contribution in [2.24, 2.45) is 0 Å². The lowest BCUT2D eigenvalue weighted by Gasteiger charge is -2.10. The third kappa shape index (κ3) is 3.97. The standard InChI is InChI=1S/C26H26N4O3/c1-17-4-3-5-19(14-17)26-28-23-9-7-21(16-25(23)30(26)11-13-32)33-20-6-8-22-24(15-20)29(10-12-31)18(2)27-22/h3-9,14-16,31-32H,10-13H2,1-2H3. The number of aliphatic hydroxyl groups excluding tert-OH is 2. The third-order valence-electron chi connectivity index (χ3n) is 5.79. The Morgan fingerprint density at radius 3 is 2.06 bits per heavy atom. The van der Waals surface area contributed by atoms with E-state index in [1.165, 1.54) is 0 Å². The minimum atomic E-state index is 0.0141. The van der Waals surface area contributed by atoms with Gasteiger partial charge in [-0.3, -0.25) is 0 Å². The van der Waals surface area contributed by atoms with Crippen LogP contribution in [-0.4, -0.2) is 42.5 Å². The molecule has 0 saturated carbocycles. The Balaban J connectivity index is 1.54. The number of aliphatic hydroxyl groups is 2. The highest BCUT2D eigenvalue weighted by Gasteiger charge is 2.14. The van der Waals surface area contributed by atoms with Crippen LogP contribution in [-0.2, 0) is 13.1 Å². The summed E-state index contributed by atoms with van der Waals surface area (Å²) in [4.78, 5) is 9.38. The molecule has 2 heterocycles. The monoisotopic (exact) mass is 442 g/mol. The molecule has 0 aliphatic carbocycles. The van der Waals surface area contributed by atoms with Gasteiger partial charge in [-0.2, -0.15) is 0 Å². The highest BCUT2D eigenvalue weighted by molar-refractivity contribution is 5.82. The Hall–Kier alpha value is -3.68. The molecule has 2 N–H and O–H groups in total. The number of hydrogen-bond acceptors (Lipinski definition) is 5. The summed E-state index contributed by atoms with van der Waals surface area (Å²) < 4.78 is 10.2. The molecule has 0 atom stereocenters. The fourth-order valence-corrected chi connectivity index (χ4v) is 4.30. The van der Waals surface area contributed by atoms with Gasteiger partial charge >= 0.3 is 0 Å². The molecule has 0 unspecified atom stereocenters. The number of hydrogen-bond donors (Lipinski definition) is 2. The van der Waals surface area contributed by atoms with Crippen molar-refractivity contribution in [3.8, 4) is 22.9 Å². The average molecular weight is 443 g/mol. The van der Waals surface area contributed by atoms with E-state index in [-0.39, 0.29) is 13.2 Å². The maximum absolute atomic E-state index is 9.69. The lowest BCUT2D eigenvalue weighted by Crippen LogP contribution is -2.04. The van der Waals surface area contributed by atoms with Gasteiger partial charge in [-0.25, -0.2) is 9.97 Å².